The average molecular weight is 335 g/mol. The summed E-state index contributed by atoms with van der Waals surface area (Å²) in [6, 6.07) is 16.5. The van der Waals surface area contributed by atoms with Crippen molar-refractivity contribution in [3.05, 3.63) is 88.9 Å². The molecule has 4 nitrogen and oxygen atoms in total. The number of para-hydroxylation sites is 1. The van der Waals surface area contributed by atoms with E-state index in [4.69, 9.17) is 4.42 Å². The average Bonchev–Trinajstić information content (AvgIpc) is 3.07. The van der Waals surface area contributed by atoms with Crippen molar-refractivity contribution in [3.8, 4) is 5.75 Å². The minimum absolute atomic E-state index is 0.0912. The normalized spacial score (nSPS) is 10.6. The third kappa shape index (κ3) is 4.10. The summed E-state index contributed by atoms with van der Waals surface area (Å²) in [5.41, 5.74) is 3.43. The van der Waals surface area contributed by atoms with E-state index in [0.717, 1.165) is 11.1 Å². The van der Waals surface area contributed by atoms with Crippen molar-refractivity contribution in [1.29, 1.82) is 0 Å². The first-order valence-corrected chi connectivity index (χ1v) is 8.20. The van der Waals surface area contributed by atoms with Crippen molar-refractivity contribution in [2.75, 3.05) is 0 Å². The Morgan fingerprint density at radius 2 is 1.72 bits per heavy atom. The van der Waals surface area contributed by atoms with Crippen LogP contribution in [-0.2, 0) is 13.1 Å². The molecule has 0 saturated carbocycles. The number of hydrogen-bond donors (Lipinski definition) is 1. The van der Waals surface area contributed by atoms with E-state index in [1.54, 1.807) is 29.4 Å². The van der Waals surface area contributed by atoms with E-state index in [1.807, 2.05) is 50.2 Å². The van der Waals surface area contributed by atoms with Gasteiger partial charge in [0.05, 0.1) is 19.4 Å². The molecule has 0 aliphatic carbocycles. The second-order valence-electron chi connectivity index (χ2n) is 6.25. The lowest BCUT2D eigenvalue weighted by molar-refractivity contribution is 0.0716. The van der Waals surface area contributed by atoms with Gasteiger partial charge in [-0.05, 0) is 44.2 Å². The van der Waals surface area contributed by atoms with Crippen molar-refractivity contribution < 1.29 is 14.3 Å². The molecule has 128 valence electrons. The molecule has 0 spiro atoms. The molecule has 4 heteroatoms. The van der Waals surface area contributed by atoms with Gasteiger partial charge >= 0.3 is 0 Å². The number of benzene rings is 2. The number of aromatic hydroxyl groups is 1. The molecule has 3 rings (SSSR count). The third-order valence-electron chi connectivity index (χ3n) is 4.04. The molecule has 1 N–H and O–H groups in total. The van der Waals surface area contributed by atoms with Crippen LogP contribution in [0, 0.1) is 13.8 Å². The lowest BCUT2D eigenvalue weighted by Gasteiger charge is -2.23. The summed E-state index contributed by atoms with van der Waals surface area (Å²) in [7, 11) is 0. The summed E-state index contributed by atoms with van der Waals surface area (Å²) in [5.74, 6) is 0.791. The van der Waals surface area contributed by atoms with Crippen LogP contribution >= 0.6 is 0 Å². The quantitative estimate of drug-likeness (QED) is 0.750. The van der Waals surface area contributed by atoms with Gasteiger partial charge in [-0.2, -0.15) is 0 Å². The molecular formula is C21H21NO3. The molecule has 0 atom stereocenters. The van der Waals surface area contributed by atoms with E-state index in [9.17, 15) is 9.90 Å². The lowest BCUT2D eigenvalue weighted by atomic mass is 10.1. The second-order valence-corrected chi connectivity index (χ2v) is 6.25. The summed E-state index contributed by atoms with van der Waals surface area (Å²) in [4.78, 5) is 14.8. The number of carbonyl (C=O) groups excluding carboxylic acids is 1. The molecule has 0 aliphatic rings. The smallest absolute Gasteiger partial charge is 0.254 e. The van der Waals surface area contributed by atoms with E-state index >= 15 is 0 Å². The SMILES string of the molecule is Cc1cc(C)cc(C(=O)N(Cc2ccco2)Cc2ccccc2O)c1. The molecule has 1 amide bonds. The van der Waals surface area contributed by atoms with Gasteiger partial charge in [0.1, 0.15) is 11.5 Å². The molecule has 0 unspecified atom stereocenters. The van der Waals surface area contributed by atoms with Gasteiger partial charge in [-0.1, -0.05) is 35.4 Å². The van der Waals surface area contributed by atoms with Gasteiger partial charge in [0.2, 0.25) is 0 Å². The highest BCUT2D eigenvalue weighted by Gasteiger charge is 2.19. The highest BCUT2D eigenvalue weighted by Crippen LogP contribution is 2.21. The number of amides is 1. The highest BCUT2D eigenvalue weighted by atomic mass is 16.3. The fraction of sp³-hybridized carbons (Fsp3) is 0.190. The van der Waals surface area contributed by atoms with Gasteiger partial charge in [0.15, 0.2) is 0 Å². The number of phenols is 1. The molecule has 2 aromatic carbocycles. The fourth-order valence-electron chi connectivity index (χ4n) is 2.92. The molecule has 1 heterocycles. The molecular weight excluding hydrogens is 314 g/mol. The number of nitrogens with zero attached hydrogens (tertiary/aromatic N) is 1. The first-order valence-electron chi connectivity index (χ1n) is 8.20. The van der Waals surface area contributed by atoms with E-state index in [0.29, 0.717) is 30.0 Å². The van der Waals surface area contributed by atoms with Crippen molar-refractivity contribution in [3.63, 3.8) is 0 Å². The third-order valence-corrected chi connectivity index (χ3v) is 4.04. The van der Waals surface area contributed by atoms with Crippen LogP contribution < -0.4 is 0 Å². The Morgan fingerprint density at radius 3 is 2.36 bits per heavy atom. The minimum Gasteiger partial charge on any atom is -0.508 e. The number of phenolic OH excluding ortho intramolecular Hbond substituents is 1. The van der Waals surface area contributed by atoms with Crippen LogP contribution in [0.5, 0.6) is 5.75 Å². The van der Waals surface area contributed by atoms with Crippen LogP contribution in [0.3, 0.4) is 0 Å². The fourth-order valence-corrected chi connectivity index (χ4v) is 2.92. The zero-order valence-electron chi connectivity index (χ0n) is 14.4. The zero-order chi connectivity index (χ0) is 17.8. The summed E-state index contributed by atoms with van der Waals surface area (Å²) in [5, 5.41) is 10.1. The number of carbonyl (C=O) groups is 1. The lowest BCUT2D eigenvalue weighted by Crippen LogP contribution is -2.30. The summed E-state index contributed by atoms with van der Waals surface area (Å²) >= 11 is 0. The molecule has 0 fully saturated rings. The predicted molar refractivity (Wildman–Crippen MR) is 96.3 cm³/mol. The zero-order valence-corrected chi connectivity index (χ0v) is 14.4. The summed E-state index contributed by atoms with van der Waals surface area (Å²) in [6.07, 6.45) is 1.59. The van der Waals surface area contributed by atoms with E-state index in [1.165, 1.54) is 0 Å². The highest BCUT2D eigenvalue weighted by molar-refractivity contribution is 5.94. The monoisotopic (exact) mass is 335 g/mol. The van der Waals surface area contributed by atoms with Gasteiger partial charge in [0, 0.05) is 11.1 Å². The number of hydrogen-bond acceptors (Lipinski definition) is 3. The minimum atomic E-state index is -0.0912. The molecule has 0 radical (unpaired) electrons. The molecule has 3 aromatic rings. The van der Waals surface area contributed by atoms with E-state index < -0.39 is 0 Å². The first-order chi connectivity index (χ1) is 12.0. The molecule has 0 saturated heterocycles. The van der Waals surface area contributed by atoms with Gasteiger partial charge in [-0.25, -0.2) is 0 Å². The Kier molecular flexibility index (Phi) is 4.89. The van der Waals surface area contributed by atoms with Crippen LogP contribution in [0.15, 0.2) is 65.3 Å². The molecule has 25 heavy (non-hydrogen) atoms. The summed E-state index contributed by atoms with van der Waals surface area (Å²) < 4.78 is 5.41. The predicted octanol–water partition coefficient (Wildman–Crippen LogP) is 4.44. The van der Waals surface area contributed by atoms with Crippen LogP contribution in [0.4, 0.5) is 0 Å². The van der Waals surface area contributed by atoms with Gasteiger partial charge in [-0.15, -0.1) is 0 Å². The number of rotatable bonds is 5. The van der Waals surface area contributed by atoms with Crippen molar-refractivity contribution in [2.24, 2.45) is 0 Å². The number of aryl methyl sites for hydroxylation is 2. The Labute approximate surface area is 147 Å². The van der Waals surface area contributed by atoms with E-state index in [-0.39, 0.29) is 11.7 Å². The molecule has 0 aliphatic heterocycles. The number of furan rings is 1. The van der Waals surface area contributed by atoms with Crippen LogP contribution in [0.2, 0.25) is 0 Å². The standard InChI is InChI=1S/C21H21NO3/c1-15-10-16(2)12-18(11-15)21(24)22(14-19-7-5-9-25-19)13-17-6-3-4-8-20(17)23/h3-12,23H,13-14H2,1-2H3. The largest absolute Gasteiger partial charge is 0.508 e. The van der Waals surface area contributed by atoms with Gasteiger partial charge < -0.3 is 14.4 Å². The van der Waals surface area contributed by atoms with Gasteiger partial charge in [0.25, 0.3) is 5.91 Å². The van der Waals surface area contributed by atoms with Crippen LogP contribution in [0.25, 0.3) is 0 Å². The van der Waals surface area contributed by atoms with Crippen LogP contribution in [-0.4, -0.2) is 15.9 Å². The molecule has 1 aromatic heterocycles. The van der Waals surface area contributed by atoms with Crippen molar-refractivity contribution in [1.82, 2.24) is 4.90 Å². The van der Waals surface area contributed by atoms with E-state index in [2.05, 4.69) is 0 Å². The maximum absolute atomic E-state index is 13.1. The first kappa shape index (κ1) is 16.8. The van der Waals surface area contributed by atoms with Crippen LogP contribution in [0.1, 0.15) is 32.8 Å². The topological polar surface area (TPSA) is 53.7 Å². The van der Waals surface area contributed by atoms with Crippen molar-refractivity contribution in [2.45, 2.75) is 26.9 Å². The Morgan fingerprint density at radius 1 is 1.00 bits per heavy atom. The maximum Gasteiger partial charge on any atom is 0.254 e. The Bertz CT molecular complexity index is 848. The summed E-state index contributed by atoms with van der Waals surface area (Å²) in [6.45, 7) is 4.60. The van der Waals surface area contributed by atoms with Crippen molar-refractivity contribution >= 4 is 5.91 Å². The second kappa shape index (κ2) is 7.26. The Hall–Kier alpha value is -3.01. The maximum atomic E-state index is 13.1. The Balaban J connectivity index is 1.92. The molecule has 0 bridgehead atoms. The van der Waals surface area contributed by atoms with Gasteiger partial charge in [-0.3, -0.25) is 4.79 Å².